The van der Waals surface area contributed by atoms with Gasteiger partial charge in [-0.1, -0.05) is 0 Å². The molecule has 0 aromatic heterocycles. The third-order valence-corrected chi connectivity index (χ3v) is 3.04. The zero-order valence-electron chi connectivity index (χ0n) is 7.62. The molecule has 1 saturated carbocycles. The lowest BCUT2D eigenvalue weighted by molar-refractivity contribution is -0.128. The molecule has 1 N–H and O–H groups in total. The van der Waals surface area contributed by atoms with E-state index in [9.17, 15) is 4.79 Å². The van der Waals surface area contributed by atoms with E-state index in [1.165, 1.54) is 0 Å². The van der Waals surface area contributed by atoms with Gasteiger partial charge >= 0.3 is 0 Å². The molecular weight excluding hydrogens is 164 g/mol. The van der Waals surface area contributed by atoms with E-state index in [1.54, 1.807) is 0 Å². The Bertz CT molecular complexity index is 252. The molecule has 1 aliphatic carbocycles. The molecule has 0 radical (unpaired) electrons. The summed E-state index contributed by atoms with van der Waals surface area (Å²) in [5.41, 5.74) is 0. The van der Waals surface area contributed by atoms with E-state index in [2.05, 4.69) is 11.4 Å². The van der Waals surface area contributed by atoms with Crippen LogP contribution in [0.5, 0.6) is 0 Å². The van der Waals surface area contributed by atoms with E-state index in [1.807, 2.05) is 0 Å². The van der Waals surface area contributed by atoms with Gasteiger partial charge in [-0.25, -0.2) is 0 Å². The Kier molecular flexibility index (Phi) is 2.22. The molecule has 2 rings (SSSR count). The van der Waals surface area contributed by atoms with E-state index in [4.69, 9.17) is 5.26 Å². The topological polar surface area (TPSA) is 52.9 Å². The number of rotatable bonds is 2. The van der Waals surface area contributed by atoms with Gasteiger partial charge in [-0.3, -0.25) is 4.79 Å². The van der Waals surface area contributed by atoms with Crippen LogP contribution in [0.25, 0.3) is 0 Å². The van der Waals surface area contributed by atoms with Crippen LogP contribution in [0, 0.1) is 29.1 Å². The fourth-order valence-corrected chi connectivity index (χ4v) is 2.12. The number of nitrogens with one attached hydrogen (secondary N) is 1. The molecular formula is C10H14N2O. The van der Waals surface area contributed by atoms with Gasteiger partial charge in [-0.15, -0.1) is 0 Å². The van der Waals surface area contributed by atoms with Crippen LogP contribution in [-0.4, -0.2) is 12.5 Å². The van der Waals surface area contributed by atoms with Crippen molar-refractivity contribution in [3.63, 3.8) is 0 Å². The monoisotopic (exact) mass is 178 g/mol. The van der Waals surface area contributed by atoms with Crippen LogP contribution in [0.2, 0.25) is 0 Å². The summed E-state index contributed by atoms with van der Waals surface area (Å²) in [7, 11) is 0. The summed E-state index contributed by atoms with van der Waals surface area (Å²) in [6.45, 7) is 0.790. The number of hydrogen-bond acceptors (Lipinski definition) is 2. The molecule has 1 heterocycles. The zero-order chi connectivity index (χ0) is 9.26. The first-order valence-electron chi connectivity index (χ1n) is 5.00. The second kappa shape index (κ2) is 3.37. The molecule has 0 spiro atoms. The molecule has 2 unspecified atom stereocenters. The van der Waals surface area contributed by atoms with Gasteiger partial charge in [0, 0.05) is 6.54 Å². The highest BCUT2D eigenvalue weighted by Crippen LogP contribution is 2.41. The third kappa shape index (κ3) is 1.67. The van der Waals surface area contributed by atoms with Crippen molar-refractivity contribution in [2.24, 2.45) is 17.8 Å². The summed E-state index contributed by atoms with van der Waals surface area (Å²) >= 11 is 0. The molecule has 0 bridgehead atoms. The minimum atomic E-state index is -0.0220. The largest absolute Gasteiger partial charge is 0.356 e. The lowest BCUT2D eigenvalue weighted by Gasteiger charge is -2.25. The maximum atomic E-state index is 11.5. The first kappa shape index (κ1) is 8.55. The molecule has 1 amide bonds. The number of piperidine rings is 1. The molecule has 3 heteroatoms. The maximum Gasteiger partial charge on any atom is 0.224 e. The minimum absolute atomic E-state index is 0.0136. The summed E-state index contributed by atoms with van der Waals surface area (Å²) in [4.78, 5) is 11.5. The van der Waals surface area contributed by atoms with Crippen molar-refractivity contribution < 1.29 is 4.79 Å². The lowest BCUT2D eigenvalue weighted by atomic mass is 9.83. The van der Waals surface area contributed by atoms with Crippen LogP contribution in [0.3, 0.4) is 0 Å². The first-order valence-corrected chi connectivity index (χ1v) is 5.00. The van der Waals surface area contributed by atoms with Gasteiger partial charge in [0.15, 0.2) is 0 Å². The van der Waals surface area contributed by atoms with Crippen molar-refractivity contribution in [2.75, 3.05) is 6.54 Å². The number of carbonyl (C=O) groups excluding carboxylic acids is 1. The zero-order valence-corrected chi connectivity index (χ0v) is 7.62. The number of hydrogen-bond donors (Lipinski definition) is 1. The Morgan fingerprint density at radius 3 is 2.77 bits per heavy atom. The number of nitrogens with zero attached hydrogens (tertiary/aromatic N) is 1. The van der Waals surface area contributed by atoms with Gasteiger partial charge in [0.05, 0.1) is 17.9 Å². The van der Waals surface area contributed by atoms with Crippen LogP contribution in [0.4, 0.5) is 0 Å². The Balaban J connectivity index is 2.03. The second-order valence-corrected chi connectivity index (χ2v) is 4.03. The molecule has 2 atom stereocenters. The van der Waals surface area contributed by atoms with E-state index in [0.717, 1.165) is 32.2 Å². The van der Waals surface area contributed by atoms with Gasteiger partial charge in [0.1, 0.15) is 0 Å². The van der Waals surface area contributed by atoms with E-state index in [-0.39, 0.29) is 17.7 Å². The molecule has 3 nitrogen and oxygen atoms in total. The molecule has 0 aromatic carbocycles. The van der Waals surface area contributed by atoms with E-state index < -0.39 is 0 Å². The molecule has 2 fully saturated rings. The van der Waals surface area contributed by atoms with Crippen molar-refractivity contribution in [1.29, 1.82) is 5.26 Å². The Hall–Kier alpha value is -1.04. The quantitative estimate of drug-likeness (QED) is 0.687. The van der Waals surface area contributed by atoms with Crippen molar-refractivity contribution >= 4 is 5.91 Å². The molecule has 0 aromatic rings. The van der Waals surface area contributed by atoms with Gasteiger partial charge in [-0.2, -0.15) is 5.26 Å². The van der Waals surface area contributed by atoms with Crippen molar-refractivity contribution in [2.45, 2.75) is 25.7 Å². The third-order valence-electron chi connectivity index (χ3n) is 3.04. The Morgan fingerprint density at radius 2 is 2.23 bits per heavy atom. The van der Waals surface area contributed by atoms with E-state index in [0.29, 0.717) is 5.92 Å². The standard InChI is InChI=1S/C10H14N2O/c11-6-9(7-3-4-7)8-2-1-5-12-10(8)13/h7-9H,1-5H2,(H,12,13). The minimum Gasteiger partial charge on any atom is -0.356 e. The maximum absolute atomic E-state index is 11.5. The van der Waals surface area contributed by atoms with Crippen molar-refractivity contribution in [3.8, 4) is 6.07 Å². The summed E-state index contributed by atoms with van der Waals surface area (Å²) in [5.74, 6) is 0.579. The highest BCUT2D eigenvalue weighted by Gasteiger charge is 2.40. The van der Waals surface area contributed by atoms with Gasteiger partial charge in [0.25, 0.3) is 0 Å². The number of amides is 1. The van der Waals surface area contributed by atoms with Crippen LogP contribution in [-0.2, 0) is 4.79 Å². The molecule has 2 aliphatic rings. The van der Waals surface area contributed by atoms with Gasteiger partial charge in [0.2, 0.25) is 5.91 Å². The lowest BCUT2D eigenvalue weighted by Crippen LogP contribution is -2.40. The average molecular weight is 178 g/mol. The second-order valence-electron chi connectivity index (χ2n) is 4.03. The highest BCUT2D eigenvalue weighted by molar-refractivity contribution is 5.80. The SMILES string of the molecule is N#CC(C1CC1)C1CCCNC1=O. The molecule has 1 saturated heterocycles. The summed E-state index contributed by atoms with van der Waals surface area (Å²) < 4.78 is 0. The van der Waals surface area contributed by atoms with Crippen molar-refractivity contribution in [3.05, 3.63) is 0 Å². The summed E-state index contributed by atoms with van der Waals surface area (Å²) in [6, 6.07) is 2.30. The molecule has 13 heavy (non-hydrogen) atoms. The molecule has 70 valence electrons. The van der Waals surface area contributed by atoms with Crippen LogP contribution >= 0.6 is 0 Å². The van der Waals surface area contributed by atoms with Crippen LogP contribution in [0.1, 0.15) is 25.7 Å². The Labute approximate surface area is 78.1 Å². The molecule has 1 aliphatic heterocycles. The fraction of sp³-hybridized carbons (Fsp3) is 0.800. The summed E-state index contributed by atoms with van der Waals surface area (Å²) in [6.07, 6.45) is 4.21. The van der Waals surface area contributed by atoms with E-state index >= 15 is 0 Å². The smallest absolute Gasteiger partial charge is 0.224 e. The van der Waals surface area contributed by atoms with Crippen LogP contribution < -0.4 is 5.32 Å². The number of carbonyl (C=O) groups is 1. The predicted octanol–water partition coefficient (Wildman–Crippen LogP) is 1.06. The van der Waals surface area contributed by atoms with Gasteiger partial charge in [-0.05, 0) is 31.6 Å². The van der Waals surface area contributed by atoms with Gasteiger partial charge < -0.3 is 5.32 Å². The Morgan fingerprint density at radius 1 is 1.46 bits per heavy atom. The average Bonchev–Trinajstić information content (AvgIpc) is 2.93. The first-order chi connectivity index (χ1) is 6.33. The number of nitriles is 1. The predicted molar refractivity (Wildman–Crippen MR) is 47.6 cm³/mol. The fourth-order valence-electron chi connectivity index (χ4n) is 2.12. The normalized spacial score (nSPS) is 30.4. The summed E-state index contributed by atoms with van der Waals surface area (Å²) in [5, 5.41) is 11.8. The van der Waals surface area contributed by atoms with Crippen molar-refractivity contribution in [1.82, 2.24) is 5.32 Å². The highest BCUT2D eigenvalue weighted by atomic mass is 16.1. The van der Waals surface area contributed by atoms with Crippen LogP contribution in [0.15, 0.2) is 0 Å².